The first kappa shape index (κ1) is 15.9. The van der Waals surface area contributed by atoms with Crippen LogP contribution in [0.15, 0.2) is 54.6 Å². The normalized spacial score (nSPS) is 19.0. The van der Waals surface area contributed by atoms with E-state index in [0.717, 1.165) is 16.9 Å². The van der Waals surface area contributed by atoms with E-state index < -0.39 is 6.10 Å². The van der Waals surface area contributed by atoms with Crippen LogP contribution in [0.3, 0.4) is 0 Å². The van der Waals surface area contributed by atoms with E-state index >= 15 is 0 Å². The molecule has 1 N–H and O–H groups in total. The van der Waals surface area contributed by atoms with Gasteiger partial charge in [0.1, 0.15) is 11.1 Å². The second-order valence-corrected chi connectivity index (χ2v) is 6.45. The molecule has 0 aliphatic carbocycles. The summed E-state index contributed by atoms with van der Waals surface area (Å²) in [6.45, 7) is 0.276. The van der Waals surface area contributed by atoms with E-state index in [-0.39, 0.29) is 17.8 Å². The molecule has 2 atom stereocenters. The van der Waals surface area contributed by atoms with E-state index in [1.54, 1.807) is 23.8 Å². The number of hydrogen-bond acceptors (Lipinski definition) is 4. The Kier molecular flexibility index (Phi) is 4.88. The van der Waals surface area contributed by atoms with Crippen molar-refractivity contribution >= 4 is 17.7 Å². The first-order chi connectivity index (χ1) is 11.2. The van der Waals surface area contributed by atoms with Gasteiger partial charge in [-0.25, -0.2) is 0 Å². The lowest BCUT2D eigenvalue weighted by atomic mass is 10.1. The summed E-state index contributed by atoms with van der Waals surface area (Å²) < 4.78 is 5.42. The number of aliphatic hydroxyl groups is 1. The molecule has 1 aliphatic rings. The molecule has 1 fully saturated rings. The van der Waals surface area contributed by atoms with Gasteiger partial charge in [-0.2, -0.15) is 0 Å². The number of rotatable bonds is 5. The van der Waals surface area contributed by atoms with Gasteiger partial charge in [-0.3, -0.25) is 4.79 Å². The lowest BCUT2D eigenvalue weighted by Gasteiger charge is -2.27. The Bertz CT molecular complexity index is 677. The molecule has 0 radical (unpaired) electrons. The van der Waals surface area contributed by atoms with Gasteiger partial charge in [0.2, 0.25) is 5.91 Å². The fraction of sp³-hybridized carbons (Fsp3) is 0.278. The summed E-state index contributed by atoms with van der Waals surface area (Å²) >= 11 is 1.56. The van der Waals surface area contributed by atoms with Crippen LogP contribution in [0.5, 0.6) is 5.75 Å². The molecular weight excluding hydrogens is 310 g/mol. The van der Waals surface area contributed by atoms with Crippen LogP contribution in [0.2, 0.25) is 0 Å². The van der Waals surface area contributed by atoms with Crippen LogP contribution in [0.4, 0.5) is 0 Å². The summed E-state index contributed by atoms with van der Waals surface area (Å²) in [5.74, 6) is 1.23. The standard InChI is InChI=1S/C18H19NO3S/c1-22-16-10-6-5-9-14(16)18-19(17(21)12-23-18)11-15(20)13-7-3-2-4-8-13/h2-10,15,18,20H,11-12H2,1H3/t15-,18-/m1/s1. The van der Waals surface area contributed by atoms with E-state index in [9.17, 15) is 9.90 Å². The number of amides is 1. The monoisotopic (exact) mass is 329 g/mol. The van der Waals surface area contributed by atoms with Crippen molar-refractivity contribution in [2.24, 2.45) is 0 Å². The number of benzene rings is 2. The van der Waals surface area contributed by atoms with Crippen molar-refractivity contribution in [2.45, 2.75) is 11.5 Å². The number of hydrogen-bond donors (Lipinski definition) is 1. The molecule has 0 spiro atoms. The number of carbonyl (C=O) groups excluding carboxylic acids is 1. The molecule has 1 saturated heterocycles. The molecule has 0 unspecified atom stereocenters. The summed E-state index contributed by atoms with van der Waals surface area (Å²) in [6, 6.07) is 17.1. The van der Waals surface area contributed by atoms with Crippen molar-refractivity contribution in [3.05, 3.63) is 65.7 Å². The second-order valence-electron chi connectivity index (χ2n) is 5.38. The van der Waals surface area contributed by atoms with Crippen molar-refractivity contribution in [1.29, 1.82) is 0 Å². The fourth-order valence-corrected chi connectivity index (χ4v) is 3.97. The number of thioether (sulfide) groups is 1. The zero-order valence-electron chi connectivity index (χ0n) is 12.9. The zero-order valence-corrected chi connectivity index (χ0v) is 13.7. The molecule has 0 bridgehead atoms. The maximum absolute atomic E-state index is 12.3. The molecule has 1 amide bonds. The van der Waals surface area contributed by atoms with Crippen molar-refractivity contribution in [1.82, 2.24) is 4.90 Å². The van der Waals surface area contributed by atoms with Crippen LogP contribution < -0.4 is 4.74 Å². The zero-order chi connectivity index (χ0) is 16.2. The molecule has 1 heterocycles. The van der Waals surface area contributed by atoms with Crippen LogP contribution in [-0.2, 0) is 4.79 Å². The SMILES string of the molecule is COc1ccccc1[C@H]1SCC(=O)N1C[C@@H](O)c1ccccc1. The quantitative estimate of drug-likeness (QED) is 0.916. The van der Waals surface area contributed by atoms with Crippen LogP contribution in [0.1, 0.15) is 22.6 Å². The number of methoxy groups -OCH3 is 1. The summed E-state index contributed by atoms with van der Waals surface area (Å²) in [4.78, 5) is 14.0. The molecule has 2 aromatic carbocycles. The number of aliphatic hydroxyl groups excluding tert-OH is 1. The van der Waals surface area contributed by atoms with Crippen LogP contribution in [-0.4, -0.2) is 35.3 Å². The molecule has 23 heavy (non-hydrogen) atoms. The summed E-state index contributed by atoms with van der Waals surface area (Å²) in [6.07, 6.45) is -0.698. The van der Waals surface area contributed by atoms with Gasteiger partial charge in [-0.1, -0.05) is 48.5 Å². The van der Waals surface area contributed by atoms with Gasteiger partial charge in [0, 0.05) is 5.56 Å². The molecule has 5 heteroatoms. The Morgan fingerprint density at radius 3 is 2.65 bits per heavy atom. The number of para-hydroxylation sites is 1. The first-order valence-electron chi connectivity index (χ1n) is 7.47. The highest BCUT2D eigenvalue weighted by molar-refractivity contribution is 8.00. The van der Waals surface area contributed by atoms with E-state index in [4.69, 9.17) is 4.74 Å². The maximum Gasteiger partial charge on any atom is 0.233 e. The lowest BCUT2D eigenvalue weighted by Crippen LogP contribution is -2.32. The molecular formula is C18H19NO3S. The third-order valence-electron chi connectivity index (χ3n) is 3.93. The second kappa shape index (κ2) is 7.06. The van der Waals surface area contributed by atoms with Gasteiger partial charge in [-0.15, -0.1) is 11.8 Å². The Hall–Kier alpha value is -1.98. The third kappa shape index (κ3) is 3.35. The highest BCUT2D eigenvalue weighted by Crippen LogP contribution is 2.42. The van der Waals surface area contributed by atoms with E-state index in [0.29, 0.717) is 5.75 Å². The predicted molar refractivity (Wildman–Crippen MR) is 91.3 cm³/mol. The van der Waals surface area contributed by atoms with E-state index in [2.05, 4.69) is 0 Å². The molecule has 120 valence electrons. The molecule has 1 aliphatic heterocycles. The number of carbonyl (C=O) groups is 1. The van der Waals surface area contributed by atoms with Gasteiger partial charge in [0.25, 0.3) is 0 Å². The van der Waals surface area contributed by atoms with Crippen LogP contribution >= 0.6 is 11.8 Å². The Morgan fingerprint density at radius 2 is 1.91 bits per heavy atom. The highest BCUT2D eigenvalue weighted by atomic mass is 32.2. The fourth-order valence-electron chi connectivity index (χ4n) is 2.75. The van der Waals surface area contributed by atoms with Crippen molar-refractivity contribution in [3.63, 3.8) is 0 Å². The van der Waals surface area contributed by atoms with Crippen molar-refractivity contribution in [3.8, 4) is 5.75 Å². The maximum atomic E-state index is 12.3. The molecule has 2 aromatic rings. The first-order valence-corrected chi connectivity index (χ1v) is 8.52. The number of nitrogens with zero attached hydrogens (tertiary/aromatic N) is 1. The summed E-state index contributed by atoms with van der Waals surface area (Å²) in [7, 11) is 1.63. The van der Waals surface area contributed by atoms with Crippen LogP contribution in [0, 0.1) is 0 Å². The lowest BCUT2D eigenvalue weighted by molar-refractivity contribution is -0.129. The Labute approximate surface area is 140 Å². The molecule has 4 nitrogen and oxygen atoms in total. The van der Waals surface area contributed by atoms with Gasteiger partial charge in [0.15, 0.2) is 0 Å². The molecule has 0 saturated carbocycles. The van der Waals surface area contributed by atoms with Crippen LogP contribution in [0.25, 0.3) is 0 Å². The minimum Gasteiger partial charge on any atom is -0.496 e. The topological polar surface area (TPSA) is 49.8 Å². The predicted octanol–water partition coefficient (Wildman–Crippen LogP) is 3.00. The highest BCUT2D eigenvalue weighted by Gasteiger charge is 2.35. The minimum absolute atomic E-state index is 0.0425. The summed E-state index contributed by atoms with van der Waals surface area (Å²) in [5.41, 5.74) is 1.78. The van der Waals surface area contributed by atoms with Gasteiger partial charge >= 0.3 is 0 Å². The largest absolute Gasteiger partial charge is 0.496 e. The Morgan fingerprint density at radius 1 is 1.22 bits per heavy atom. The van der Waals surface area contributed by atoms with E-state index in [1.165, 1.54) is 0 Å². The average molecular weight is 329 g/mol. The Balaban J connectivity index is 1.83. The van der Waals surface area contributed by atoms with E-state index in [1.807, 2.05) is 54.6 Å². The van der Waals surface area contributed by atoms with Gasteiger partial charge in [-0.05, 0) is 11.6 Å². The molecule has 0 aromatic heterocycles. The third-order valence-corrected chi connectivity index (χ3v) is 5.16. The molecule has 3 rings (SSSR count). The van der Waals surface area contributed by atoms with Crippen molar-refractivity contribution in [2.75, 3.05) is 19.4 Å². The minimum atomic E-state index is -0.698. The van der Waals surface area contributed by atoms with Gasteiger partial charge < -0.3 is 14.7 Å². The number of ether oxygens (including phenoxy) is 1. The smallest absolute Gasteiger partial charge is 0.233 e. The average Bonchev–Trinajstić information content (AvgIpc) is 2.96. The number of β-amino-alcohol motifs (C(OH)–C–C–N with tert-alkyl or cyclic N) is 1. The van der Waals surface area contributed by atoms with Gasteiger partial charge in [0.05, 0.1) is 25.5 Å². The van der Waals surface area contributed by atoms with Crippen molar-refractivity contribution < 1.29 is 14.6 Å². The summed E-state index contributed by atoms with van der Waals surface area (Å²) in [5, 5.41) is 10.3.